The van der Waals surface area contributed by atoms with Gasteiger partial charge in [0.2, 0.25) is 0 Å². The summed E-state index contributed by atoms with van der Waals surface area (Å²) < 4.78 is 45.7. The summed E-state index contributed by atoms with van der Waals surface area (Å²) in [6.07, 6.45) is 8.55. The highest BCUT2D eigenvalue weighted by molar-refractivity contribution is 5.83. The van der Waals surface area contributed by atoms with Crippen LogP contribution in [0.3, 0.4) is 0 Å². The molecule has 0 aromatic heterocycles. The van der Waals surface area contributed by atoms with E-state index in [1.54, 1.807) is 72.8 Å². The number of rotatable bonds is 27. The van der Waals surface area contributed by atoms with E-state index in [1.807, 2.05) is 130 Å². The summed E-state index contributed by atoms with van der Waals surface area (Å²) in [6, 6.07) is 36.2. The van der Waals surface area contributed by atoms with Crippen LogP contribution in [0.15, 0.2) is 184 Å². The third-order valence-corrected chi connectivity index (χ3v) is 9.40. The topological polar surface area (TPSA) is 266 Å². The van der Waals surface area contributed by atoms with Crippen LogP contribution in [0.25, 0.3) is 0 Å². The van der Waals surface area contributed by atoms with Crippen molar-refractivity contribution in [2.24, 2.45) is 11.8 Å². The Hall–Kier alpha value is -8.52. The minimum Gasteiger partial charge on any atom is -0.491 e. The Labute approximate surface area is 564 Å². The van der Waals surface area contributed by atoms with Gasteiger partial charge in [-0.2, -0.15) is 0 Å². The van der Waals surface area contributed by atoms with Crippen LogP contribution in [0.1, 0.15) is 143 Å². The number of ether oxygens (including phenoxy) is 9. The quantitative estimate of drug-likeness (QED) is 0.0187. The Morgan fingerprint density at radius 3 is 0.840 bits per heavy atom. The molecule has 0 saturated heterocycles. The number of benzene rings is 4. The van der Waals surface area contributed by atoms with Crippen molar-refractivity contribution in [3.8, 4) is 23.0 Å². The normalized spacial score (nSPS) is 12.4. The average molecular weight is 1320 g/mol. The minimum atomic E-state index is -1.04. The highest BCUT2D eigenvalue weighted by Crippen LogP contribution is 2.28. The molecule has 1 aliphatic carbocycles. The van der Waals surface area contributed by atoms with E-state index in [9.17, 15) is 49.2 Å². The molecule has 532 valence electrons. The molecule has 19 heteroatoms. The highest BCUT2D eigenvalue weighted by Gasteiger charge is 2.36. The Morgan fingerprint density at radius 2 is 0.606 bits per heavy atom. The van der Waals surface area contributed by atoms with Gasteiger partial charge < -0.3 is 63.1 Å². The highest BCUT2D eigenvalue weighted by atomic mass is 16.6. The first-order valence-electron chi connectivity index (χ1n) is 32.4. The third kappa shape index (κ3) is 63.6. The summed E-state index contributed by atoms with van der Waals surface area (Å²) in [7, 11) is 0. The zero-order valence-electron chi connectivity index (χ0n) is 59.4. The average Bonchev–Trinajstić information content (AvgIpc) is 0.917. The van der Waals surface area contributed by atoms with Crippen LogP contribution in [-0.2, 0) is 52.5 Å². The van der Waals surface area contributed by atoms with Gasteiger partial charge in [0.05, 0.1) is 11.8 Å². The number of carboxylic acid groups (broad SMARTS) is 1. The fourth-order valence-electron chi connectivity index (χ4n) is 5.64. The molecule has 0 bridgehead atoms. The molecule has 5 rings (SSSR count). The van der Waals surface area contributed by atoms with Crippen LogP contribution in [0.4, 0.5) is 0 Å². The van der Waals surface area contributed by atoms with E-state index in [0.29, 0.717) is 23.0 Å². The molecule has 0 radical (unpaired) electrons. The minimum absolute atomic E-state index is 0.0412. The number of allylic oxidation sites excluding steroid dienone is 2. The van der Waals surface area contributed by atoms with Gasteiger partial charge in [0.15, 0.2) is 6.10 Å². The SMILES string of the molecule is C=CC(=O)OCC(COc1ccccc1)OC(=O)C1CC=CCC1C(=O)O.C=CC(=O)OCC(O)COc1ccccc1.C=CC(=O)OCC(O)COc1ccccc1.C=CC(=O)OCC(O)COc1ccccc1.CC.CC.CC.CC.CC.CCC.CCC.CCC. The van der Waals surface area contributed by atoms with Gasteiger partial charge >= 0.3 is 35.8 Å². The number of aliphatic hydroxyl groups is 3. The van der Waals surface area contributed by atoms with E-state index >= 15 is 0 Å². The van der Waals surface area contributed by atoms with Crippen LogP contribution in [0, 0.1) is 11.8 Å². The third-order valence-electron chi connectivity index (χ3n) is 9.40. The summed E-state index contributed by atoms with van der Waals surface area (Å²) in [6.45, 7) is 45.5. The number of hydrogen-bond donors (Lipinski definition) is 4. The van der Waals surface area contributed by atoms with Crippen LogP contribution in [0.2, 0.25) is 0 Å². The van der Waals surface area contributed by atoms with E-state index in [4.69, 9.17) is 28.4 Å². The van der Waals surface area contributed by atoms with Crippen molar-refractivity contribution >= 4 is 35.8 Å². The Bertz CT molecular complexity index is 2230. The first-order chi connectivity index (χ1) is 45.4. The number of hydrogen-bond acceptors (Lipinski definition) is 18. The monoisotopic (exact) mass is 1320 g/mol. The standard InChI is InChI=1S/C20H22O7.3C12H14O4.3C3H8.5C2H6/c1-2-18(21)26-13-15(12-25-14-8-4-3-5-9-14)27-20(24)17-11-7-6-10-16(17)19(22)23;3*1-2-12(14)16-9-10(13)8-15-11-6-4-3-5-7-11;3*1-3-2;5*1-2/h2-9,15-17H,1,10-13H2,(H,22,23);3*2-7,10,13H,1,8-9H2;3*3H2,1-2H3;5*1-2H3. The molecule has 0 saturated carbocycles. The van der Waals surface area contributed by atoms with Gasteiger partial charge in [0.25, 0.3) is 0 Å². The van der Waals surface area contributed by atoms with Crippen molar-refractivity contribution in [3.63, 3.8) is 0 Å². The lowest BCUT2D eigenvalue weighted by Crippen LogP contribution is -2.37. The second-order valence-electron chi connectivity index (χ2n) is 17.5. The van der Waals surface area contributed by atoms with Gasteiger partial charge in [-0.05, 0) is 61.4 Å². The maximum Gasteiger partial charge on any atom is 0.330 e. The van der Waals surface area contributed by atoms with Gasteiger partial charge in [-0.1, -0.05) is 241 Å². The van der Waals surface area contributed by atoms with Crippen molar-refractivity contribution in [2.45, 2.75) is 167 Å². The fraction of sp³-hybridized carbons (Fsp3) is 0.467. The van der Waals surface area contributed by atoms with Crippen molar-refractivity contribution in [3.05, 3.63) is 184 Å². The number of carbonyl (C=O) groups is 6. The molecular formula is C75H118O19. The molecule has 4 aromatic carbocycles. The number of aliphatic carboxylic acids is 1. The summed E-state index contributed by atoms with van der Waals surface area (Å²) in [5.74, 6) is -3.09. The number of carbonyl (C=O) groups excluding carboxylic acids is 5. The molecule has 4 aromatic rings. The maximum atomic E-state index is 12.5. The van der Waals surface area contributed by atoms with Crippen LogP contribution in [0.5, 0.6) is 23.0 Å². The van der Waals surface area contributed by atoms with Gasteiger partial charge in [-0.25, -0.2) is 19.2 Å². The molecular weight excluding hydrogens is 1200 g/mol. The number of esters is 5. The predicted octanol–water partition coefficient (Wildman–Crippen LogP) is 15.2. The van der Waals surface area contributed by atoms with E-state index in [2.05, 4.69) is 82.1 Å². The molecule has 0 heterocycles. The van der Waals surface area contributed by atoms with Crippen molar-refractivity contribution < 1.29 is 91.8 Å². The molecule has 0 fully saturated rings. The number of para-hydroxylation sites is 4. The predicted molar refractivity (Wildman–Crippen MR) is 378 cm³/mol. The lowest BCUT2D eigenvalue weighted by Gasteiger charge is -2.26. The van der Waals surface area contributed by atoms with Crippen molar-refractivity contribution in [1.29, 1.82) is 0 Å². The fourth-order valence-corrected chi connectivity index (χ4v) is 5.64. The van der Waals surface area contributed by atoms with Crippen LogP contribution >= 0.6 is 0 Å². The first-order valence-corrected chi connectivity index (χ1v) is 32.4. The van der Waals surface area contributed by atoms with E-state index in [1.165, 1.54) is 19.3 Å². The molecule has 0 amide bonds. The largest absolute Gasteiger partial charge is 0.491 e. The molecule has 4 N–H and O–H groups in total. The molecule has 94 heavy (non-hydrogen) atoms. The van der Waals surface area contributed by atoms with Gasteiger partial charge in [-0.3, -0.25) is 9.59 Å². The molecule has 0 aliphatic heterocycles. The summed E-state index contributed by atoms with van der Waals surface area (Å²) in [5.41, 5.74) is 0. The van der Waals surface area contributed by atoms with Gasteiger partial charge in [0, 0.05) is 24.3 Å². The molecule has 19 nitrogen and oxygen atoms in total. The van der Waals surface area contributed by atoms with Gasteiger partial charge in [0.1, 0.15) is 94.2 Å². The smallest absolute Gasteiger partial charge is 0.330 e. The molecule has 6 unspecified atom stereocenters. The first kappa shape index (κ1) is 99.0. The summed E-state index contributed by atoms with van der Waals surface area (Å²) in [5, 5.41) is 37.6. The van der Waals surface area contributed by atoms with Gasteiger partial charge in [-0.15, -0.1) is 0 Å². The maximum absolute atomic E-state index is 12.5. The van der Waals surface area contributed by atoms with Crippen LogP contribution < -0.4 is 18.9 Å². The van der Waals surface area contributed by atoms with E-state index in [-0.39, 0.29) is 65.7 Å². The zero-order chi connectivity index (χ0) is 73.2. The lowest BCUT2D eigenvalue weighted by molar-refractivity contribution is -0.167. The Morgan fingerprint density at radius 1 is 0.383 bits per heavy atom. The van der Waals surface area contributed by atoms with Crippen molar-refractivity contribution in [1.82, 2.24) is 0 Å². The van der Waals surface area contributed by atoms with Crippen LogP contribution in [-0.4, -0.2) is 134 Å². The summed E-state index contributed by atoms with van der Waals surface area (Å²) in [4.78, 5) is 67.3. The molecule has 6 atom stereocenters. The second kappa shape index (κ2) is 76.9. The zero-order valence-corrected chi connectivity index (χ0v) is 59.4. The summed E-state index contributed by atoms with van der Waals surface area (Å²) >= 11 is 0. The Balaban J connectivity index is -0.000000201. The Kier molecular flexibility index (Phi) is 81.1. The molecule has 1 aliphatic rings. The molecule has 0 spiro atoms. The second-order valence-corrected chi connectivity index (χ2v) is 17.5. The number of aliphatic hydroxyl groups excluding tert-OH is 3. The number of carboxylic acids is 1. The van der Waals surface area contributed by atoms with E-state index in [0.717, 1.165) is 24.3 Å². The van der Waals surface area contributed by atoms with Crippen molar-refractivity contribution in [2.75, 3.05) is 52.9 Å². The van der Waals surface area contributed by atoms with E-state index < -0.39 is 72.1 Å². The lowest BCUT2D eigenvalue weighted by atomic mass is 9.83.